The molecule has 2 saturated heterocycles. The minimum Gasteiger partial charge on any atom is -0.454 e. The highest BCUT2D eigenvalue weighted by Gasteiger charge is 2.43. The normalized spacial score (nSPS) is 27.3. The van der Waals surface area contributed by atoms with Crippen molar-refractivity contribution in [3.05, 3.63) is 65.2 Å². The van der Waals surface area contributed by atoms with Crippen LogP contribution in [0.4, 0.5) is 0 Å². The van der Waals surface area contributed by atoms with Crippen LogP contribution in [0.15, 0.2) is 31.6 Å². The van der Waals surface area contributed by atoms with Crippen LogP contribution in [0.3, 0.4) is 0 Å². The molecule has 0 spiro atoms. The molecule has 3 unspecified atom stereocenters. The van der Waals surface area contributed by atoms with Crippen molar-refractivity contribution >= 4 is 24.1 Å². The lowest BCUT2D eigenvalue weighted by Gasteiger charge is -2.24. The summed E-state index contributed by atoms with van der Waals surface area (Å²) in [4.78, 5) is 64.6. The van der Waals surface area contributed by atoms with E-state index >= 15 is 0 Å². The molecule has 4 heterocycles. The Morgan fingerprint density at radius 3 is 2.23 bits per heavy atom. The zero-order chi connectivity index (χ0) is 32.3. The highest BCUT2D eigenvalue weighted by molar-refractivity contribution is 8.55. The maximum Gasteiger partial charge on any atom is 0.392 e. The predicted octanol–water partition coefficient (Wildman–Crippen LogP) is 1.06. The molecule has 238 valence electrons. The number of H-pyrrole nitrogens is 2. The van der Waals surface area contributed by atoms with Crippen LogP contribution in [0, 0.1) is 19.8 Å². The SMILES string of the molecule is [2H]C[C@H]1O[C@@H](n2cc(C)c(=O)[nH]c2=O)CC1OP(=O)(OC[C@H]1O[C@@H](n2cc(C)c(=O)[nH]c2=O)CC1O)SCOC(=O)C(C)C. The van der Waals surface area contributed by atoms with Gasteiger partial charge in [-0.2, -0.15) is 0 Å². The average Bonchev–Trinajstić information content (AvgIpc) is 3.53. The third-order valence-corrected chi connectivity index (χ3v) is 10.2. The van der Waals surface area contributed by atoms with E-state index in [-0.39, 0.29) is 30.9 Å². The Morgan fingerprint density at radius 2 is 1.67 bits per heavy atom. The van der Waals surface area contributed by atoms with E-state index in [2.05, 4.69) is 9.97 Å². The molecule has 4 rings (SSSR count). The Morgan fingerprint density at radius 1 is 1.09 bits per heavy atom. The number of nitrogens with one attached hydrogen (secondary N) is 2. The number of nitrogens with zero attached hydrogens (tertiary/aromatic N) is 2. The number of esters is 1. The number of carbonyl (C=O) groups excluding carboxylic acids is 1. The molecule has 0 aliphatic carbocycles. The molecule has 2 aromatic heterocycles. The van der Waals surface area contributed by atoms with Crippen molar-refractivity contribution in [2.45, 2.75) is 84.3 Å². The van der Waals surface area contributed by atoms with Gasteiger partial charge in [-0.3, -0.25) is 42.5 Å². The number of aromatic nitrogens is 4. The van der Waals surface area contributed by atoms with E-state index in [4.69, 9.17) is 24.6 Å². The largest absolute Gasteiger partial charge is 0.454 e. The molecule has 43 heavy (non-hydrogen) atoms. The molecule has 18 heteroatoms. The van der Waals surface area contributed by atoms with E-state index in [9.17, 15) is 33.6 Å². The zero-order valence-corrected chi connectivity index (χ0v) is 25.6. The minimum atomic E-state index is -4.22. The first-order valence-corrected chi connectivity index (χ1v) is 16.5. The highest BCUT2D eigenvalue weighted by atomic mass is 32.7. The van der Waals surface area contributed by atoms with Gasteiger partial charge in [0.2, 0.25) is 0 Å². The second-order valence-corrected chi connectivity index (χ2v) is 14.5. The van der Waals surface area contributed by atoms with Crippen LogP contribution in [0.25, 0.3) is 0 Å². The number of ether oxygens (including phenoxy) is 3. The van der Waals surface area contributed by atoms with E-state index in [0.717, 1.165) is 9.13 Å². The second kappa shape index (κ2) is 13.5. The number of hydrogen-bond donors (Lipinski definition) is 3. The van der Waals surface area contributed by atoms with Gasteiger partial charge in [-0.25, -0.2) is 14.2 Å². The van der Waals surface area contributed by atoms with Gasteiger partial charge >= 0.3 is 24.1 Å². The Labute approximate surface area is 250 Å². The van der Waals surface area contributed by atoms with Gasteiger partial charge in [-0.1, -0.05) is 13.8 Å². The van der Waals surface area contributed by atoms with Crippen LogP contribution >= 0.6 is 18.2 Å². The van der Waals surface area contributed by atoms with Crippen LogP contribution < -0.4 is 22.5 Å². The summed E-state index contributed by atoms with van der Waals surface area (Å²) in [7, 11) is 0. The van der Waals surface area contributed by atoms with E-state index in [0.29, 0.717) is 11.4 Å². The van der Waals surface area contributed by atoms with Crippen molar-refractivity contribution in [3.8, 4) is 0 Å². The predicted molar refractivity (Wildman–Crippen MR) is 153 cm³/mol. The summed E-state index contributed by atoms with van der Waals surface area (Å²) in [6, 6.07) is 0. The van der Waals surface area contributed by atoms with Crippen LogP contribution in [-0.4, -0.2) is 67.1 Å². The molecule has 0 radical (unpaired) electrons. The molecule has 3 N–H and O–H groups in total. The fourth-order valence-electron chi connectivity index (χ4n) is 4.37. The standard InChI is InChI=1S/C25H35N4O12PS/c1-12(2)23(33)37-11-43-42(36,41-17-7-20(39-15(17)5)29-9-14(4)22(32)27-25(29)35)38-10-18-16(30)6-19(40-18)28-8-13(3)21(31)26-24(28)34/h8-9,12,15-20,30H,6-7,10-11H2,1-5H3,(H,26,31,34)(H,27,32,35)/t15-,16?,17?,18-,19-,20-,42?/m1/s1/i5D. The van der Waals surface area contributed by atoms with Gasteiger partial charge in [-0.15, -0.1) is 0 Å². The fraction of sp³-hybridized carbons (Fsp3) is 0.640. The van der Waals surface area contributed by atoms with Crippen LogP contribution in [0.2, 0.25) is 0 Å². The van der Waals surface area contributed by atoms with E-state index < -0.39 is 90.6 Å². The maximum absolute atomic E-state index is 14.0. The van der Waals surface area contributed by atoms with Crippen LogP contribution in [0.1, 0.15) is 58.5 Å². The van der Waals surface area contributed by atoms with Gasteiger partial charge in [0, 0.05) is 49.1 Å². The summed E-state index contributed by atoms with van der Waals surface area (Å²) in [6.45, 7) is 1.25. The Kier molecular flexibility index (Phi) is 9.90. The van der Waals surface area contributed by atoms with E-state index in [1.807, 2.05) is 0 Å². The van der Waals surface area contributed by atoms with Crippen LogP contribution in [0.5, 0.6) is 0 Å². The summed E-state index contributed by atoms with van der Waals surface area (Å²) in [5.74, 6) is -1.41. The van der Waals surface area contributed by atoms with Crippen LogP contribution in [-0.2, 0) is 32.6 Å². The number of aliphatic hydroxyl groups is 1. The van der Waals surface area contributed by atoms with E-state index in [1.165, 1.54) is 26.2 Å². The molecular weight excluding hydrogens is 611 g/mol. The summed E-state index contributed by atoms with van der Waals surface area (Å²) in [5.41, 5.74) is -2.06. The first-order valence-electron chi connectivity index (χ1n) is 14.1. The van der Waals surface area contributed by atoms with Gasteiger partial charge in [0.15, 0.2) is 0 Å². The van der Waals surface area contributed by atoms with Crippen molar-refractivity contribution in [1.82, 2.24) is 19.1 Å². The number of carbonyl (C=O) groups is 1. The lowest BCUT2D eigenvalue weighted by Crippen LogP contribution is -2.33. The third kappa shape index (κ3) is 7.84. The van der Waals surface area contributed by atoms with Gasteiger partial charge in [0.05, 0.1) is 30.8 Å². The van der Waals surface area contributed by atoms with E-state index in [1.54, 1.807) is 13.8 Å². The van der Waals surface area contributed by atoms with Crippen molar-refractivity contribution < 1.29 is 39.1 Å². The quantitative estimate of drug-likeness (QED) is 0.177. The number of aliphatic hydroxyl groups excluding tert-OH is 1. The topological polar surface area (TPSA) is 210 Å². The first-order chi connectivity index (χ1) is 20.7. The van der Waals surface area contributed by atoms with Gasteiger partial charge in [-0.05, 0) is 20.7 Å². The van der Waals surface area contributed by atoms with Gasteiger partial charge < -0.3 is 19.3 Å². The first kappa shape index (κ1) is 31.6. The second-order valence-electron chi connectivity index (χ2n) is 10.5. The van der Waals surface area contributed by atoms with Crippen molar-refractivity contribution in [2.24, 2.45) is 5.92 Å². The number of aromatic amines is 2. The van der Waals surface area contributed by atoms with Gasteiger partial charge in [0.1, 0.15) is 24.5 Å². The molecule has 0 aromatic carbocycles. The fourth-order valence-corrected chi connectivity index (χ4v) is 7.21. The minimum absolute atomic E-state index is 0.0316. The summed E-state index contributed by atoms with van der Waals surface area (Å²) >= 11 is 0.564. The Hall–Kier alpha value is -2.79. The van der Waals surface area contributed by atoms with Crippen molar-refractivity contribution in [1.29, 1.82) is 0 Å². The monoisotopic (exact) mass is 647 g/mol. The number of aryl methyl sites for hydroxylation is 2. The summed E-state index contributed by atoms with van der Waals surface area (Å²) in [6.07, 6.45) is -3.50. The molecule has 2 aromatic rings. The summed E-state index contributed by atoms with van der Waals surface area (Å²) < 4.78 is 52.5. The average molecular weight is 648 g/mol. The molecule has 0 bridgehead atoms. The molecule has 16 nitrogen and oxygen atoms in total. The molecule has 2 aliphatic rings. The zero-order valence-electron chi connectivity index (χ0n) is 24.9. The third-order valence-electron chi connectivity index (χ3n) is 6.84. The van der Waals surface area contributed by atoms with Crippen molar-refractivity contribution in [2.75, 3.05) is 12.5 Å². The Balaban J connectivity index is 1.50. The molecule has 0 amide bonds. The summed E-state index contributed by atoms with van der Waals surface area (Å²) in [5, 5.41) is 10.6. The molecule has 7 atom stereocenters. The molecule has 2 aliphatic heterocycles. The number of rotatable bonds is 11. The molecular formula is C25H35N4O12PS. The number of hydrogen-bond acceptors (Lipinski definition) is 13. The molecule has 0 saturated carbocycles. The smallest absolute Gasteiger partial charge is 0.392 e. The maximum atomic E-state index is 14.0. The lowest BCUT2D eigenvalue weighted by atomic mass is 10.2. The van der Waals surface area contributed by atoms with Crippen molar-refractivity contribution in [3.63, 3.8) is 0 Å². The molecule has 2 fully saturated rings. The lowest BCUT2D eigenvalue weighted by molar-refractivity contribution is -0.144. The van der Waals surface area contributed by atoms with Gasteiger partial charge in [0.25, 0.3) is 11.1 Å². The Bertz CT molecular complexity index is 1640. The highest BCUT2D eigenvalue weighted by Crippen LogP contribution is 2.63.